The molecule has 0 bridgehead atoms. The lowest BCUT2D eigenvalue weighted by atomic mass is 10.2. The number of pyridine rings is 1. The van der Waals surface area contributed by atoms with Crippen molar-refractivity contribution in [2.24, 2.45) is 0 Å². The summed E-state index contributed by atoms with van der Waals surface area (Å²) in [7, 11) is 2.79. The molecule has 0 fully saturated rings. The smallest absolute Gasteiger partial charge is 0.343 e. The molecule has 0 amide bonds. The van der Waals surface area contributed by atoms with Crippen LogP contribution in [0.4, 0.5) is 11.5 Å². The van der Waals surface area contributed by atoms with E-state index in [2.05, 4.69) is 9.72 Å². The molecule has 0 saturated heterocycles. The molecule has 1 rings (SSSR count). The van der Waals surface area contributed by atoms with Crippen LogP contribution in [0, 0.1) is 0 Å². The minimum atomic E-state index is -0.586. The molecule has 0 atom stereocenters. The van der Waals surface area contributed by atoms with Crippen LogP contribution in [-0.4, -0.2) is 38.4 Å². The summed E-state index contributed by atoms with van der Waals surface area (Å²) in [6.07, 6.45) is 0. The van der Waals surface area contributed by atoms with Crippen molar-refractivity contribution in [3.8, 4) is 5.88 Å². The Morgan fingerprint density at radius 2 is 2.06 bits per heavy atom. The van der Waals surface area contributed by atoms with Crippen molar-refractivity contribution >= 4 is 17.5 Å². The second-order valence-corrected chi connectivity index (χ2v) is 3.15. The number of nitrogens with two attached hydrogens (primary N) is 2. The van der Waals surface area contributed by atoms with E-state index in [4.69, 9.17) is 20.9 Å². The third kappa shape index (κ3) is 3.22. The molecule has 4 N–H and O–H groups in total. The fourth-order valence-corrected chi connectivity index (χ4v) is 1.11. The van der Waals surface area contributed by atoms with E-state index in [-0.39, 0.29) is 29.6 Å². The number of carbonyl (C=O) groups is 1. The van der Waals surface area contributed by atoms with Crippen LogP contribution in [0.3, 0.4) is 0 Å². The molecule has 1 aromatic heterocycles. The van der Waals surface area contributed by atoms with E-state index in [1.54, 1.807) is 0 Å². The zero-order chi connectivity index (χ0) is 12.8. The Kier molecular flexibility index (Phi) is 4.53. The SMILES string of the molecule is COCCOc1nc(N)c(N)cc1C(=O)OC. The molecule has 0 aliphatic carbocycles. The van der Waals surface area contributed by atoms with Crippen LogP contribution in [0.1, 0.15) is 10.4 Å². The number of ether oxygens (including phenoxy) is 3. The molecule has 0 aliphatic rings. The monoisotopic (exact) mass is 241 g/mol. The first-order valence-electron chi connectivity index (χ1n) is 4.86. The van der Waals surface area contributed by atoms with E-state index in [0.717, 1.165) is 0 Å². The Hall–Kier alpha value is -2.02. The van der Waals surface area contributed by atoms with Crippen LogP contribution >= 0.6 is 0 Å². The number of carbonyl (C=O) groups excluding carboxylic acids is 1. The van der Waals surface area contributed by atoms with Crippen LogP contribution in [-0.2, 0) is 9.47 Å². The first kappa shape index (κ1) is 13.0. The third-order valence-electron chi connectivity index (χ3n) is 1.98. The van der Waals surface area contributed by atoms with Gasteiger partial charge in [-0.1, -0.05) is 0 Å². The maximum Gasteiger partial charge on any atom is 0.343 e. The Bertz CT molecular complexity index is 409. The zero-order valence-electron chi connectivity index (χ0n) is 9.73. The standard InChI is InChI=1S/C10H15N3O4/c1-15-3-4-17-9-6(10(14)16-2)5-7(11)8(12)13-9/h5H,3-4,11H2,1-2H3,(H2,12,13). The molecule has 94 valence electrons. The summed E-state index contributed by atoms with van der Waals surface area (Å²) in [5, 5.41) is 0. The van der Waals surface area contributed by atoms with Gasteiger partial charge in [0.1, 0.15) is 12.2 Å². The maximum atomic E-state index is 11.5. The minimum Gasteiger partial charge on any atom is -0.475 e. The average Bonchev–Trinajstić information content (AvgIpc) is 2.32. The van der Waals surface area contributed by atoms with E-state index in [1.807, 2.05) is 0 Å². The summed E-state index contributed by atoms with van der Waals surface area (Å²) >= 11 is 0. The van der Waals surface area contributed by atoms with Crippen LogP contribution in [0.5, 0.6) is 5.88 Å². The van der Waals surface area contributed by atoms with Gasteiger partial charge in [-0.15, -0.1) is 0 Å². The molecule has 0 aromatic carbocycles. The number of aromatic nitrogens is 1. The molecule has 7 heteroatoms. The fourth-order valence-electron chi connectivity index (χ4n) is 1.11. The lowest BCUT2D eigenvalue weighted by molar-refractivity contribution is 0.0592. The van der Waals surface area contributed by atoms with E-state index >= 15 is 0 Å². The highest BCUT2D eigenvalue weighted by Gasteiger charge is 2.17. The lowest BCUT2D eigenvalue weighted by Crippen LogP contribution is -2.13. The van der Waals surface area contributed by atoms with Crippen LogP contribution in [0.15, 0.2) is 6.07 Å². The largest absolute Gasteiger partial charge is 0.475 e. The predicted molar refractivity (Wildman–Crippen MR) is 61.8 cm³/mol. The normalized spacial score (nSPS) is 10.0. The molecule has 0 spiro atoms. The van der Waals surface area contributed by atoms with Gasteiger partial charge in [0.05, 0.1) is 19.4 Å². The summed E-state index contributed by atoms with van der Waals surface area (Å²) in [4.78, 5) is 15.3. The molecule has 0 saturated carbocycles. The molecular weight excluding hydrogens is 226 g/mol. The van der Waals surface area contributed by atoms with Gasteiger partial charge in [-0.3, -0.25) is 0 Å². The summed E-state index contributed by atoms with van der Waals surface area (Å²) < 4.78 is 14.7. The molecule has 0 radical (unpaired) electrons. The second-order valence-electron chi connectivity index (χ2n) is 3.15. The maximum absolute atomic E-state index is 11.5. The molecule has 1 aromatic rings. The fraction of sp³-hybridized carbons (Fsp3) is 0.400. The van der Waals surface area contributed by atoms with Crippen molar-refractivity contribution in [3.05, 3.63) is 11.6 Å². The van der Waals surface area contributed by atoms with E-state index in [9.17, 15) is 4.79 Å². The number of nitrogens with zero attached hydrogens (tertiary/aromatic N) is 1. The summed E-state index contributed by atoms with van der Waals surface area (Å²) in [5.41, 5.74) is 11.4. The van der Waals surface area contributed by atoms with E-state index in [1.165, 1.54) is 20.3 Å². The molecular formula is C10H15N3O4. The Morgan fingerprint density at radius 3 is 2.65 bits per heavy atom. The second kappa shape index (κ2) is 5.90. The van der Waals surface area contributed by atoms with Crippen molar-refractivity contribution in [1.82, 2.24) is 4.98 Å². The van der Waals surface area contributed by atoms with Crippen LogP contribution < -0.4 is 16.2 Å². The molecule has 0 aliphatic heterocycles. The Morgan fingerprint density at radius 1 is 1.35 bits per heavy atom. The lowest BCUT2D eigenvalue weighted by Gasteiger charge is -2.10. The van der Waals surface area contributed by atoms with Gasteiger partial charge in [-0.25, -0.2) is 4.79 Å². The highest BCUT2D eigenvalue weighted by Crippen LogP contribution is 2.23. The van der Waals surface area contributed by atoms with Gasteiger partial charge in [-0.2, -0.15) is 4.98 Å². The van der Waals surface area contributed by atoms with Gasteiger partial charge in [0.25, 0.3) is 0 Å². The third-order valence-corrected chi connectivity index (χ3v) is 1.98. The molecule has 0 unspecified atom stereocenters. The van der Waals surface area contributed by atoms with Gasteiger partial charge in [0.2, 0.25) is 5.88 Å². The average molecular weight is 241 g/mol. The quantitative estimate of drug-likeness (QED) is 0.554. The van der Waals surface area contributed by atoms with Crippen molar-refractivity contribution in [2.45, 2.75) is 0 Å². The number of esters is 1. The number of methoxy groups -OCH3 is 2. The van der Waals surface area contributed by atoms with Crippen LogP contribution in [0.25, 0.3) is 0 Å². The number of hydrogen-bond acceptors (Lipinski definition) is 7. The summed E-state index contributed by atoms with van der Waals surface area (Å²) in [6, 6.07) is 1.37. The topological polar surface area (TPSA) is 110 Å². The highest BCUT2D eigenvalue weighted by molar-refractivity contribution is 5.93. The van der Waals surface area contributed by atoms with E-state index in [0.29, 0.717) is 6.61 Å². The molecule has 1 heterocycles. The van der Waals surface area contributed by atoms with Gasteiger partial charge in [0.15, 0.2) is 5.82 Å². The molecule has 7 nitrogen and oxygen atoms in total. The first-order chi connectivity index (χ1) is 8.10. The van der Waals surface area contributed by atoms with Crippen molar-refractivity contribution < 1.29 is 19.0 Å². The summed E-state index contributed by atoms with van der Waals surface area (Å²) in [6.45, 7) is 0.615. The Balaban J connectivity index is 2.99. The summed E-state index contributed by atoms with van der Waals surface area (Å²) in [5.74, 6) is -0.401. The van der Waals surface area contributed by atoms with Gasteiger partial charge in [0, 0.05) is 7.11 Å². The minimum absolute atomic E-state index is 0.0839. The van der Waals surface area contributed by atoms with E-state index < -0.39 is 5.97 Å². The number of rotatable bonds is 5. The highest BCUT2D eigenvalue weighted by atomic mass is 16.5. The van der Waals surface area contributed by atoms with Crippen molar-refractivity contribution in [3.63, 3.8) is 0 Å². The number of nitrogen functional groups attached to an aromatic ring is 2. The van der Waals surface area contributed by atoms with Gasteiger partial charge in [-0.05, 0) is 6.07 Å². The molecule has 17 heavy (non-hydrogen) atoms. The van der Waals surface area contributed by atoms with Gasteiger partial charge >= 0.3 is 5.97 Å². The number of hydrogen-bond donors (Lipinski definition) is 2. The zero-order valence-corrected chi connectivity index (χ0v) is 9.73. The Labute approximate surface area is 98.7 Å². The predicted octanol–water partition coefficient (Wildman–Crippen LogP) is 0.0578. The van der Waals surface area contributed by atoms with Gasteiger partial charge < -0.3 is 25.7 Å². The van der Waals surface area contributed by atoms with Crippen molar-refractivity contribution in [2.75, 3.05) is 38.9 Å². The number of anilines is 2. The van der Waals surface area contributed by atoms with Crippen LogP contribution in [0.2, 0.25) is 0 Å². The van der Waals surface area contributed by atoms with Crippen molar-refractivity contribution in [1.29, 1.82) is 0 Å². The first-order valence-corrected chi connectivity index (χ1v) is 4.86.